The summed E-state index contributed by atoms with van der Waals surface area (Å²) in [5.41, 5.74) is 1.53. The lowest BCUT2D eigenvalue weighted by Gasteiger charge is -2.36. The van der Waals surface area contributed by atoms with Gasteiger partial charge in [-0.3, -0.25) is 9.10 Å². The highest BCUT2D eigenvalue weighted by atomic mass is 35.5. The normalized spacial score (nSPS) is 16.0. The third-order valence-corrected chi connectivity index (χ3v) is 8.60. The second kappa shape index (κ2) is 12.5. The number of carbonyl (C=O) groups excluding carboxylic acids is 1. The molecule has 0 saturated carbocycles. The van der Waals surface area contributed by atoms with Crippen LogP contribution < -0.4 is 19.1 Å². The molecule has 218 valence electrons. The fourth-order valence-corrected chi connectivity index (χ4v) is 6.25. The number of hydrogen-bond acceptors (Lipinski definition) is 6. The number of amides is 1. The molecule has 4 rings (SSSR count). The van der Waals surface area contributed by atoms with Crippen LogP contribution in [0.1, 0.15) is 31.4 Å². The zero-order chi connectivity index (χ0) is 29.9. The summed E-state index contributed by atoms with van der Waals surface area (Å²) in [5.74, 6) is -1.74. The average Bonchev–Trinajstić information content (AvgIpc) is 2.92. The Bertz CT molecular complexity index is 1580. The predicted molar refractivity (Wildman–Crippen MR) is 153 cm³/mol. The molecule has 0 radical (unpaired) electrons. The largest absolute Gasteiger partial charge is 0.494 e. The molecule has 8 nitrogen and oxygen atoms in total. The van der Waals surface area contributed by atoms with Gasteiger partial charge in [-0.1, -0.05) is 29.8 Å². The first kappa shape index (κ1) is 30.3. The monoisotopic (exact) mass is 606 g/mol. The molecular weight excluding hydrogens is 578 g/mol. The number of aliphatic hydroxyl groups is 1. The summed E-state index contributed by atoms with van der Waals surface area (Å²) in [7, 11) is -3.01. The van der Waals surface area contributed by atoms with E-state index in [0.29, 0.717) is 11.1 Å². The van der Waals surface area contributed by atoms with Crippen LogP contribution in [0.15, 0.2) is 59.5 Å². The number of halogens is 3. The highest BCUT2D eigenvalue weighted by molar-refractivity contribution is 7.92. The lowest BCUT2D eigenvalue weighted by Crippen LogP contribution is -2.45. The number of rotatable bonds is 9. The van der Waals surface area contributed by atoms with Crippen LogP contribution in [0.2, 0.25) is 5.02 Å². The smallest absolute Gasteiger partial charge is 0.264 e. The minimum Gasteiger partial charge on any atom is -0.494 e. The van der Waals surface area contributed by atoms with Gasteiger partial charge in [-0.2, -0.15) is 0 Å². The Morgan fingerprint density at radius 2 is 1.98 bits per heavy atom. The van der Waals surface area contributed by atoms with Crippen molar-refractivity contribution < 1.29 is 36.6 Å². The lowest BCUT2D eigenvalue weighted by molar-refractivity contribution is -0.128. The van der Waals surface area contributed by atoms with Gasteiger partial charge in [0.2, 0.25) is 5.91 Å². The number of methoxy groups -OCH3 is 1. The molecule has 0 fully saturated rings. The van der Waals surface area contributed by atoms with Crippen molar-refractivity contribution in [2.24, 2.45) is 0 Å². The van der Waals surface area contributed by atoms with Gasteiger partial charge in [0, 0.05) is 24.6 Å². The summed E-state index contributed by atoms with van der Waals surface area (Å²) in [5, 5.41) is 12.2. The first-order valence-corrected chi connectivity index (χ1v) is 14.5. The molecule has 1 aliphatic heterocycles. The van der Waals surface area contributed by atoms with Crippen LogP contribution in [0.4, 0.5) is 14.5 Å². The Balaban J connectivity index is 1.74. The molecule has 0 spiro atoms. The minimum absolute atomic E-state index is 0.120. The van der Waals surface area contributed by atoms with E-state index in [2.05, 4.69) is 5.32 Å². The Morgan fingerprint density at radius 1 is 1.22 bits per heavy atom. The molecule has 1 aliphatic rings. The Labute approximate surface area is 242 Å². The van der Waals surface area contributed by atoms with Crippen molar-refractivity contribution in [3.8, 4) is 11.5 Å². The van der Waals surface area contributed by atoms with Crippen molar-refractivity contribution >= 4 is 44.9 Å². The van der Waals surface area contributed by atoms with Crippen molar-refractivity contribution in [2.45, 2.75) is 37.4 Å². The van der Waals surface area contributed by atoms with Crippen LogP contribution in [0.25, 0.3) is 11.6 Å². The van der Waals surface area contributed by atoms with Crippen LogP contribution in [-0.2, 0) is 14.8 Å². The molecule has 3 aromatic carbocycles. The Kier molecular flexibility index (Phi) is 9.21. The molecule has 0 saturated heterocycles. The number of aliphatic hydroxyl groups excluding tert-OH is 1. The lowest BCUT2D eigenvalue weighted by atomic mass is 10.0. The van der Waals surface area contributed by atoms with E-state index in [-0.39, 0.29) is 52.2 Å². The fraction of sp³-hybridized carbons (Fsp3) is 0.276. The number of nitrogens with zero attached hydrogens (tertiary/aromatic N) is 1. The molecule has 3 aromatic rings. The highest BCUT2D eigenvalue weighted by Gasteiger charge is 2.35. The fourth-order valence-electron chi connectivity index (χ4n) is 4.43. The quantitative estimate of drug-likeness (QED) is 0.331. The summed E-state index contributed by atoms with van der Waals surface area (Å²) in [6, 6.07) is 12.5. The van der Waals surface area contributed by atoms with E-state index in [0.717, 1.165) is 22.5 Å². The Hall–Kier alpha value is -3.67. The molecular formula is C29H29ClF2N2O6S. The molecule has 12 heteroatoms. The predicted octanol–water partition coefficient (Wildman–Crippen LogP) is 5.03. The number of carbonyl (C=O) groups is 1. The molecule has 0 unspecified atom stereocenters. The summed E-state index contributed by atoms with van der Waals surface area (Å²) >= 11 is 6.22. The van der Waals surface area contributed by atoms with Crippen LogP contribution in [0.5, 0.6) is 11.5 Å². The molecule has 0 aromatic heterocycles. The molecule has 0 aliphatic carbocycles. The number of allylic oxidation sites excluding steroid dienone is 1. The summed E-state index contributed by atoms with van der Waals surface area (Å²) in [4.78, 5) is 11.6. The third kappa shape index (κ3) is 6.64. The number of sulfonamides is 1. The van der Waals surface area contributed by atoms with Crippen LogP contribution in [0.3, 0.4) is 0 Å². The van der Waals surface area contributed by atoms with Gasteiger partial charge in [-0.15, -0.1) is 0 Å². The van der Waals surface area contributed by atoms with E-state index in [1.54, 1.807) is 37.3 Å². The van der Waals surface area contributed by atoms with Crippen molar-refractivity contribution in [1.29, 1.82) is 0 Å². The van der Waals surface area contributed by atoms with Gasteiger partial charge >= 0.3 is 0 Å². The van der Waals surface area contributed by atoms with Crippen molar-refractivity contribution in [1.82, 2.24) is 5.32 Å². The van der Waals surface area contributed by atoms with Crippen molar-refractivity contribution in [3.63, 3.8) is 0 Å². The van der Waals surface area contributed by atoms with Crippen LogP contribution >= 0.6 is 11.6 Å². The topological polar surface area (TPSA) is 105 Å². The van der Waals surface area contributed by atoms with E-state index in [4.69, 9.17) is 21.1 Å². The van der Waals surface area contributed by atoms with Gasteiger partial charge < -0.3 is 19.9 Å². The molecule has 0 bridgehead atoms. The summed E-state index contributed by atoms with van der Waals surface area (Å²) in [6.07, 6.45) is 0.0637. The van der Waals surface area contributed by atoms with Gasteiger partial charge in [0.1, 0.15) is 23.8 Å². The van der Waals surface area contributed by atoms with Gasteiger partial charge in [0.05, 0.1) is 29.3 Å². The van der Waals surface area contributed by atoms with Crippen LogP contribution in [0, 0.1) is 11.6 Å². The standard InChI is InChI=1S/C29H29ClF2N2O6S/c1-17(28-22(30)5-4-6-24(28)32)13-19-7-10-26-25(14-19)34(16-20(40-26)11-12-33-29(36)18(2)35)41(37,38)21-8-9-23(31)27(15-21)39-3/h4-10,13-15,18,20,35H,11-12,16H2,1-3H3,(H,33,36)/b17-13+/t18-,20-/m0/s1. The minimum atomic E-state index is -4.25. The maximum atomic E-state index is 14.5. The van der Waals surface area contributed by atoms with Crippen LogP contribution in [-0.4, -0.2) is 51.8 Å². The molecule has 1 amide bonds. The second-order valence-electron chi connectivity index (χ2n) is 9.48. The Morgan fingerprint density at radius 3 is 2.66 bits per heavy atom. The number of anilines is 1. The van der Waals surface area contributed by atoms with E-state index in [1.165, 1.54) is 26.2 Å². The summed E-state index contributed by atoms with van der Waals surface area (Å²) < 4.78 is 68.6. The van der Waals surface area contributed by atoms with E-state index in [1.807, 2.05) is 0 Å². The zero-order valence-corrected chi connectivity index (χ0v) is 24.1. The van der Waals surface area contributed by atoms with E-state index in [9.17, 15) is 27.1 Å². The molecule has 2 N–H and O–H groups in total. The second-order valence-corrected chi connectivity index (χ2v) is 11.7. The molecule has 2 atom stereocenters. The number of nitrogens with one attached hydrogen (secondary N) is 1. The first-order valence-electron chi connectivity index (χ1n) is 12.7. The van der Waals surface area contributed by atoms with E-state index < -0.39 is 39.8 Å². The SMILES string of the molecule is COc1cc(S(=O)(=O)N2C[C@H](CCNC(=O)[C@H](C)O)Oc3ccc(/C=C(\C)c4c(F)cccc4Cl)cc32)ccc1F. The third-order valence-electron chi connectivity index (χ3n) is 6.51. The first-order chi connectivity index (χ1) is 19.4. The van der Waals surface area contributed by atoms with Gasteiger partial charge in [-0.25, -0.2) is 17.2 Å². The van der Waals surface area contributed by atoms with Gasteiger partial charge in [0.25, 0.3) is 10.0 Å². The maximum Gasteiger partial charge on any atom is 0.264 e. The summed E-state index contributed by atoms with van der Waals surface area (Å²) in [6.45, 7) is 3.04. The van der Waals surface area contributed by atoms with Gasteiger partial charge in [-0.05, 0) is 61.4 Å². The van der Waals surface area contributed by atoms with Crippen molar-refractivity contribution in [2.75, 3.05) is 24.5 Å². The number of fused-ring (bicyclic) bond motifs is 1. The zero-order valence-electron chi connectivity index (χ0n) is 22.5. The number of hydrogen-bond donors (Lipinski definition) is 2. The average molecular weight is 607 g/mol. The molecule has 1 heterocycles. The van der Waals surface area contributed by atoms with Crippen molar-refractivity contribution in [3.05, 3.63) is 82.4 Å². The highest BCUT2D eigenvalue weighted by Crippen LogP contribution is 2.40. The van der Waals surface area contributed by atoms with Gasteiger partial charge in [0.15, 0.2) is 11.6 Å². The number of ether oxygens (including phenoxy) is 2. The van der Waals surface area contributed by atoms with E-state index >= 15 is 0 Å². The molecule has 41 heavy (non-hydrogen) atoms. The maximum absolute atomic E-state index is 14.5. The number of benzene rings is 3.